The van der Waals surface area contributed by atoms with Gasteiger partial charge in [0, 0.05) is 44.4 Å². The number of Topliss-reactive ketones (excluding diaryl/α,β-unsaturated/α-hetero) is 1. The van der Waals surface area contributed by atoms with Crippen molar-refractivity contribution in [1.29, 1.82) is 0 Å². The standard InChI is InChI=1S/C21H28ClN5O4/c1-14(15-5-3-4-6-16(15)22)26-9-7-25(8-10-26)13-17(28)18-19(23)27(11-12-31-2)21(30)24-20(18)29/h3-6,14H,7-13,23H2,1-2H3,(H,24,29,30). The van der Waals surface area contributed by atoms with Crippen LogP contribution in [0.4, 0.5) is 5.82 Å². The maximum absolute atomic E-state index is 12.9. The molecule has 3 rings (SSSR count). The van der Waals surface area contributed by atoms with E-state index in [1.807, 2.05) is 29.2 Å². The highest BCUT2D eigenvalue weighted by molar-refractivity contribution is 6.31. The molecule has 0 aliphatic carbocycles. The summed E-state index contributed by atoms with van der Waals surface area (Å²) in [6.45, 7) is 5.42. The molecule has 0 saturated carbocycles. The first-order valence-electron chi connectivity index (χ1n) is 10.2. The van der Waals surface area contributed by atoms with E-state index in [1.165, 1.54) is 7.11 Å². The molecule has 1 saturated heterocycles. The number of piperazine rings is 1. The SMILES string of the molecule is COCCn1c(N)c(C(=O)CN2CCN(C(C)c3ccccc3Cl)CC2)c(=O)[nH]c1=O. The van der Waals surface area contributed by atoms with Crippen molar-refractivity contribution < 1.29 is 9.53 Å². The van der Waals surface area contributed by atoms with Crippen LogP contribution in [0.1, 0.15) is 28.9 Å². The minimum Gasteiger partial charge on any atom is -0.384 e. The molecule has 3 N–H and O–H groups in total. The molecule has 1 atom stereocenters. The number of nitrogens with one attached hydrogen (secondary N) is 1. The van der Waals surface area contributed by atoms with E-state index in [-0.39, 0.29) is 37.1 Å². The Balaban J connectivity index is 1.66. The maximum Gasteiger partial charge on any atom is 0.330 e. The van der Waals surface area contributed by atoms with Crippen molar-refractivity contribution in [3.63, 3.8) is 0 Å². The van der Waals surface area contributed by atoms with Gasteiger partial charge in [0.25, 0.3) is 5.56 Å². The fraction of sp³-hybridized carbons (Fsp3) is 0.476. The molecule has 0 radical (unpaired) electrons. The van der Waals surface area contributed by atoms with Gasteiger partial charge in [-0.05, 0) is 18.6 Å². The van der Waals surface area contributed by atoms with Crippen LogP contribution in [-0.4, -0.2) is 71.6 Å². The topological polar surface area (TPSA) is 114 Å². The summed E-state index contributed by atoms with van der Waals surface area (Å²) < 4.78 is 6.12. The number of benzene rings is 1. The Bertz CT molecular complexity index is 1040. The molecule has 1 aromatic heterocycles. The number of hydrogen-bond acceptors (Lipinski definition) is 7. The van der Waals surface area contributed by atoms with Crippen LogP contribution in [0.15, 0.2) is 33.9 Å². The zero-order valence-electron chi connectivity index (χ0n) is 17.8. The minimum atomic E-state index is -0.757. The van der Waals surface area contributed by atoms with Gasteiger partial charge in [-0.15, -0.1) is 0 Å². The molecule has 1 aliphatic rings. The summed E-state index contributed by atoms with van der Waals surface area (Å²) in [6, 6.07) is 7.95. The maximum atomic E-state index is 12.9. The number of carbonyl (C=O) groups is 1. The van der Waals surface area contributed by atoms with Gasteiger partial charge in [0.2, 0.25) is 0 Å². The summed E-state index contributed by atoms with van der Waals surface area (Å²) in [5, 5.41) is 0.742. The summed E-state index contributed by atoms with van der Waals surface area (Å²) in [4.78, 5) is 43.6. The van der Waals surface area contributed by atoms with Crippen LogP contribution in [0.5, 0.6) is 0 Å². The summed E-state index contributed by atoms with van der Waals surface area (Å²) in [5.74, 6) is -0.528. The lowest BCUT2D eigenvalue weighted by molar-refractivity contribution is 0.0787. The van der Waals surface area contributed by atoms with E-state index in [0.717, 1.165) is 28.2 Å². The molecule has 0 amide bonds. The van der Waals surface area contributed by atoms with E-state index >= 15 is 0 Å². The Morgan fingerprint density at radius 3 is 2.55 bits per heavy atom. The van der Waals surface area contributed by atoms with Gasteiger partial charge < -0.3 is 10.5 Å². The van der Waals surface area contributed by atoms with Gasteiger partial charge >= 0.3 is 5.69 Å². The Morgan fingerprint density at radius 1 is 1.23 bits per heavy atom. The number of halogens is 1. The number of ether oxygens (including phenoxy) is 1. The van der Waals surface area contributed by atoms with Crippen molar-refractivity contribution >= 4 is 23.2 Å². The number of methoxy groups -OCH3 is 1. The number of hydrogen-bond donors (Lipinski definition) is 2. The zero-order chi connectivity index (χ0) is 22.5. The van der Waals surface area contributed by atoms with Crippen molar-refractivity contribution in [2.24, 2.45) is 0 Å². The van der Waals surface area contributed by atoms with Crippen LogP contribution in [0.2, 0.25) is 5.02 Å². The fourth-order valence-electron chi connectivity index (χ4n) is 3.86. The van der Waals surface area contributed by atoms with Gasteiger partial charge in [-0.1, -0.05) is 29.8 Å². The molecule has 0 bridgehead atoms. The summed E-state index contributed by atoms with van der Waals surface area (Å²) in [7, 11) is 1.49. The minimum absolute atomic E-state index is 0.0596. The van der Waals surface area contributed by atoms with Gasteiger partial charge in [0.1, 0.15) is 11.4 Å². The Labute approximate surface area is 185 Å². The monoisotopic (exact) mass is 449 g/mol. The van der Waals surface area contributed by atoms with E-state index in [9.17, 15) is 14.4 Å². The predicted molar refractivity (Wildman–Crippen MR) is 120 cm³/mol. The first-order valence-corrected chi connectivity index (χ1v) is 10.6. The molecular weight excluding hydrogens is 422 g/mol. The number of aromatic nitrogens is 2. The number of nitrogen functional groups attached to an aromatic ring is 1. The van der Waals surface area contributed by atoms with Gasteiger partial charge in [-0.3, -0.25) is 28.9 Å². The molecule has 1 aromatic carbocycles. The molecule has 1 unspecified atom stereocenters. The van der Waals surface area contributed by atoms with Crippen molar-refractivity contribution in [2.45, 2.75) is 19.5 Å². The third-order valence-electron chi connectivity index (χ3n) is 5.71. The first-order chi connectivity index (χ1) is 14.8. The number of aromatic amines is 1. The summed E-state index contributed by atoms with van der Waals surface area (Å²) in [6.07, 6.45) is 0. The van der Waals surface area contributed by atoms with E-state index in [4.69, 9.17) is 22.1 Å². The lowest BCUT2D eigenvalue weighted by atomic mass is 10.1. The first kappa shape index (κ1) is 23.2. The highest BCUT2D eigenvalue weighted by Gasteiger charge is 2.26. The predicted octanol–water partition coefficient (Wildman–Crippen LogP) is 0.980. The molecule has 168 valence electrons. The quantitative estimate of drug-likeness (QED) is 0.577. The Hall–Kier alpha value is -2.46. The summed E-state index contributed by atoms with van der Waals surface area (Å²) >= 11 is 6.33. The molecule has 2 aromatic rings. The highest BCUT2D eigenvalue weighted by Crippen LogP contribution is 2.27. The molecule has 0 spiro atoms. The molecule has 9 nitrogen and oxygen atoms in total. The van der Waals surface area contributed by atoms with Gasteiger partial charge in [-0.2, -0.15) is 0 Å². The second-order valence-electron chi connectivity index (χ2n) is 7.60. The highest BCUT2D eigenvalue weighted by atomic mass is 35.5. The van der Waals surface area contributed by atoms with Gasteiger partial charge in [0.05, 0.1) is 19.7 Å². The number of nitrogens with zero attached hydrogens (tertiary/aromatic N) is 3. The Morgan fingerprint density at radius 2 is 1.90 bits per heavy atom. The third kappa shape index (κ3) is 5.24. The number of anilines is 1. The largest absolute Gasteiger partial charge is 0.384 e. The van der Waals surface area contributed by atoms with Crippen molar-refractivity contribution in [3.8, 4) is 0 Å². The number of carbonyl (C=O) groups excluding carboxylic acids is 1. The van der Waals surface area contributed by atoms with E-state index in [2.05, 4.69) is 16.8 Å². The molecule has 31 heavy (non-hydrogen) atoms. The van der Waals surface area contributed by atoms with Gasteiger partial charge in [-0.25, -0.2) is 4.79 Å². The van der Waals surface area contributed by atoms with Crippen molar-refractivity contribution in [2.75, 3.05) is 52.2 Å². The van der Waals surface area contributed by atoms with E-state index in [0.29, 0.717) is 13.1 Å². The zero-order valence-corrected chi connectivity index (χ0v) is 18.5. The van der Waals surface area contributed by atoms with Crippen LogP contribution in [0, 0.1) is 0 Å². The van der Waals surface area contributed by atoms with Crippen LogP contribution in [0.25, 0.3) is 0 Å². The van der Waals surface area contributed by atoms with E-state index in [1.54, 1.807) is 0 Å². The number of ketones is 1. The average Bonchev–Trinajstić information content (AvgIpc) is 2.74. The second kappa shape index (κ2) is 10.2. The van der Waals surface area contributed by atoms with Crippen molar-refractivity contribution in [1.82, 2.24) is 19.4 Å². The smallest absolute Gasteiger partial charge is 0.330 e. The molecule has 1 aliphatic heterocycles. The Kier molecular flexibility index (Phi) is 7.66. The third-order valence-corrected chi connectivity index (χ3v) is 6.06. The van der Waals surface area contributed by atoms with Crippen LogP contribution >= 0.6 is 11.6 Å². The molecular formula is C21H28ClN5O4. The average molecular weight is 450 g/mol. The fourth-order valence-corrected chi connectivity index (χ4v) is 4.16. The lowest BCUT2D eigenvalue weighted by Gasteiger charge is -2.38. The van der Waals surface area contributed by atoms with Crippen LogP contribution < -0.4 is 17.0 Å². The lowest BCUT2D eigenvalue weighted by Crippen LogP contribution is -2.49. The van der Waals surface area contributed by atoms with Crippen molar-refractivity contribution in [3.05, 3.63) is 61.3 Å². The number of rotatable bonds is 8. The molecule has 10 heteroatoms. The van der Waals surface area contributed by atoms with E-state index < -0.39 is 17.0 Å². The normalized spacial score (nSPS) is 16.4. The van der Waals surface area contributed by atoms with Gasteiger partial charge in [0.15, 0.2) is 5.78 Å². The second-order valence-corrected chi connectivity index (χ2v) is 8.00. The molecule has 1 fully saturated rings. The molecule has 2 heterocycles. The number of nitrogens with two attached hydrogens (primary N) is 1. The number of H-pyrrole nitrogens is 1. The van der Waals surface area contributed by atoms with Crippen LogP contribution in [0.3, 0.4) is 0 Å². The van der Waals surface area contributed by atoms with Crippen LogP contribution in [-0.2, 0) is 11.3 Å². The summed E-state index contributed by atoms with van der Waals surface area (Å²) in [5.41, 5.74) is 5.48.